The van der Waals surface area contributed by atoms with Crippen molar-refractivity contribution in [3.05, 3.63) is 65.7 Å². The van der Waals surface area contributed by atoms with Gasteiger partial charge in [-0.3, -0.25) is 9.59 Å². The summed E-state index contributed by atoms with van der Waals surface area (Å²) in [6.07, 6.45) is 0. The predicted octanol–water partition coefficient (Wildman–Crippen LogP) is 3.48. The number of ketones is 2. The molecule has 0 aliphatic rings. The standard InChI is InChI=1S/C8H8O2.C8H8O/c1-6(9)7-3-2-4-8(10)5-7;1-7(9)8-5-3-2-4-6-8/h2-5,10H,1H3;2-6H,1H3. The zero-order valence-electron chi connectivity index (χ0n) is 11.0. The van der Waals surface area contributed by atoms with Crippen LogP contribution in [-0.2, 0) is 0 Å². The third-order valence-corrected chi connectivity index (χ3v) is 2.43. The molecular formula is C16H16O3. The van der Waals surface area contributed by atoms with Crippen LogP contribution in [0.15, 0.2) is 54.6 Å². The van der Waals surface area contributed by atoms with E-state index in [-0.39, 0.29) is 17.3 Å². The molecule has 2 aromatic rings. The molecule has 0 aliphatic heterocycles. The molecule has 0 spiro atoms. The van der Waals surface area contributed by atoms with Crippen molar-refractivity contribution in [2.45, 2.75) is 13.8 Å². The summed E-state index contributed by atoms with van der Waals surface area (Å²) in [5.74, 6) is 0.221. The molecule has 0 saturated heterocycles. The molecule has 19 heavy (non-hydrogen) atoms. The van der Waals surface area contributed by atoms with E-state index in [2.05, 4.69) is 0 Å². The second-order valence-electron chi connectivity index (χ2n) is 4.03. The first-order chi connectivity index (χ1) is 9.00. The zero-order valence-corrected chi connectivity index (χ0v) is 11.0. The highest BCUT2D eigenvalue weighted by molar-refractivity contribution is 5.94. The summed E-state index contributed by atoms with van der Waals surface area (Å²) in [7, 11) is 0. The minimum absolute atomic E-state index is 0.0316. The van der Waals surface area contributed by atoms with Gasteiger partial charge in [0.15, 0.2) is 11.6 Å². The molecule has 3 heteroatoms. The number of Topliss-reactive ketones (excluding diaryl/α,β-unsaturated/α-hetero) is 2. The number of phenolic OH excluding ortho intramolecular Hbond substituents is 1. The Kier molecular flexibility index (Phi) is 5.48. The number of benzene rings is 2. The van der Waals surface area contributed by atoms with Crippen molar-refractivity contribution in [3.8, 4) is 5.75 Å². The Labute approximate surface area is 112 Å². The quantitative estimate of drug-likeness (QED) is 0.837. The Morgan fingerprint density at radius 3 is 1.68 bits per heavy atom. The Morgan fingerprint density at radius 1 is 0.789 bits per heavy atom. The van der Waals surface area contributed by atoms with Crippen LogP contribution < -0.4 is 0 Å². The number of carbonyl (C=O) groups is 2. The molecule has 0 unspecified atom stereocenters. The summed E-state index contributed by atoms with van der Waals surface area (Å²) >= 11 is 0. The smallest absolute Gasteiger partial charge is 0.159 e. The molecule has 0 heterocycles. The van der Waals surface area contributed by atoms with E-state index in [0.717, 1.165) is 5.56 Å². The van der Waals surface area contributed by atoms with Crippen LogP contribution in [-0.4, -0.2) is 16.7 Å². The molecule has 98 valence electrons. The maximum atomic E-state index is 10.7. The molecule has 0 atom stereocenters. The van der Waals surface area contributed by atoms with Gasteiger partial charge in [-0.05, 0) is 26.0 Å². The lowest BCUT2D eigenvalue weighted by molar-refractivity contribution is 0.100. The van der Waals surface area contributed by atoms with Crippen LogP contribution in [0, 0.1) is 0 Å². The maximum Gasteiger partial charge on any atom is 0.159 e. The number of carbonyl (C=O) groups excluding carboxylic acids is 2. The van der Waals surface area contributed by atoms with Crippen molar-refractivity contribution in [1.29, 1.82) is 0 Å². The van der Waals surface area contributed by atoms with E-state index in [1.54, 1.807) is 19.1 Å². The summed E-state index contributed by atoms with van der Waals surface area (Å²) in [4.78, 5) is 21.3. The topological polar surface area (TPSA) is 54.4 Å². The molecule has 2 aromatic carbocycles. The first-order valence-corrected chi connectivity index (χ1v) is 5.86. The Hall–Kier alpha value is -2.42. The minimum atomic E-state index is -0.0316. The van der Waals surface area contributed by atoms with E-state index < -0.39 is 0 Å². The lowest BCUT2D eigenvalue weighted by Gasteiger charge is -1.93. The van der Waals surface area contributed by atoms with Gasteiger partial charge in [0.2, 0.25) is 0 Å². The van der Waals surface area contributed by atoms with Gasteiger partial charge >= 0.3 is 0 Å². The fourth-order valence-electron chi connectivity index (χ4n) is 1.40. The summed E-state index contributed by atoms with van der Waals surface area (Å²) < 4.78 is 0. The van der Waals surface area contributed by atoms with Gasteiger partial charge in [0, 0.05) is 11.1 Å². The highest BCUT2D eigenvalue weighted by Crippen LogP contribution is 2.10. The van der Waals surface area contributed by atoms with Crippen LogP contribution in [0.5, 0.6) is 5.75 Å². The molecule has 0 aromatic heterocycles. The van der Waals surface area contributed by atoms with Gasteiger partial charge in [0.1, 0.15) is 5.75 Å². The molecule has 0 amide bonds. The van der Waals surface area contributed by atoms with E-state index in [1.807, 2.05) is 30.3 Å². The fourth-order valence-corrected chi connectivity index (χ4v) is 1.40. The third kappa shape index (κ3) is 5.17. The fraction of sp³-hybridized carbons (Fsp3) is 0.125. The summed E-state index contributed by atoms with van der Waals surface area (Å²) in [6, 6.07) is 15.5. The van der Waals surface area contributed by atoms with Gasteiger partial charge in [-0.15, -0.1) is 0 Å². The van der Waals surface area contributed by atoms with Crippen LogP contribution in [0.1, 0.15) is 34.6 Å². The summed E-state index contributed by atoms with van der Waals surface area (Å²) in [5.41, 5.74) is 1.32. The molecule has 3 nitrogen and oxygen atoms in total. The van der Waals surface area contributed by atoms with Gasteiger partial charge in [-0.1, -0.05) is 42.5 Å². The monoisotopic (exact) mass is 256 g/mol. The zero-order chi connectivity index (χ0) is 14.3. The van der Waals surface area contributed by atoms with Gasteiger partial charge in [0.05, 0.1) is 0 Å². The van der Waals surface area contributed by atoms with Crippen molar-refractivity contribution in [3.63, 3.8) is 0 Å². The largest absolute Gasteiger partial charge is 0.508 e. The lowest BCUT2D eigenvalue weighted by atomic mass is 10.1. The molecule has 0 saturated carbocycles. The molecule has 0 fully saturated rings. The Bertz CT molecular complexity index is 559. The van der Waals surface area contributed by atoms with Gasteiger partial charge in [-0.25, -0.2) is 0 Å². The van der Waals surface area contributed by atoms with Crippen LogP contribution >= 0.6 is 0 Å². The Balaban J connectivity index is 0.000000191. The van der Waals surface area contributed by atoms with E-state index in [4.69, 9.17) is 5.11 Å². The van der Waals surface area contributed by atoms with Crippen molar-refractivity contribution < 1.29 is 14.7 Å². The number of hydrogen-bond donors (Lipinski definition) is 1. The number of rotatable bonds is 2. The normalized spacial score (nSPS) is 9.16. The average molecular weight is 256 g/mol. The number of aromatic hydroxyl groups is 1. The van der Waals surface area contributed by atoms with Gasteiger partial charge < -0.3 is 5.11 Å². The predicted molar refractivity (Wildman–Crippen MR) is 74.6 cm³/mol. The van der Waals surface area contributed by atoms with Crippen LogP contribution in [0.3, 0.4) is 0 Å². The first-order valence-electron chi connectivity index (χ1n) is 5.86. The minimum Gasteiger partial charge on any atom is -0.508 e. The molecule has 0 bridgehead atoms. The lowest BCUT2D eigenvalue weighted by Crippen LogP contribution is -1.89. The third-order valence-electron chi connectivity index (χ3n) is 2.43. The molecule has 0 aliphatic carbocycles. The van der Waals surface area contributed by atoms with Crippen molar-refractivity contribution in [2.75, 3.05) is 0 Å². The van der Waals surface area contributed by atoms with Crippen LogP contribution in [0.25, 0.3) is 0 Å². The van der Waals surface area contributed by atoms with Crippen molar-refractivity contribution >= 4 is 11.6 Å². The number of hydrogen-bond acceptors (Lipinski definition) is 3. The van der Waals surface area contributed by atoms with Crippen LogP contribution in [0.4, 0.5) is 0 Å². The Morgan fingerprint density at radius 2 is 1.32 bits per heavy atom. The second kappa shape index (κ2) is 7.11. The average Bonchev–Trinajstić information content (AvgIpc) is 2.40. The first kappa shape index (κ1) is 14.6. The second-order valence-corrected chi connectivity index (χ2v) is 4.03. The number of phenols is 1. The molecule has 2 rings (SSSR count). The summed E-state index contributed by atoms with van der Waals surface area (Å²) in [5, 5.41) is 8.91. The van der Waals surface area contributed by atoms with E-state index >= 15 is 0 Å². The molecular weight excluding hydrogens is 240 g/mol. The van der Waals surface area contributed by atoms with Gasteiger partial charge in [-0.2, -0.15) is 0 Å². The van der Waals surface area contributed by atoms with E-state index in [1.165, 1.54) is 19.1 Å². The van der Waals surface area contributed by atoms with Crippen molar-refractivity contribution in [2.24, 2.45) is 0 Å². The molecule has 0 radical (unpaired) electrons. The van der Waals surface area contributed by atoms with Gasteiger partial charge in [0.25, 0.3) is 0 Å². The molecule has 1 N–H and O–H groups in total. The SMILES string of the molecule is CC(=O)c1cccc(O)c1.CC(=O)c1ccccc1. The maximum absolute atomic E-state index is 10.7. The van der Waals surface area contributed by atoms with E-state index in [9.17, 15) is 9.59 Å². The summed E-state index contributed by atoms with van der Waals surface area (Å²) in [6.45, 7) is 3.03. The van der Waals surface area contributed by atoms with E-state index in [0.29, 0.717) is 5.56 Å². The van der Waals surface area contributed by atoms with Crippen molar-refractivity contribution in [1.82, 2.24) is 0 Å². The highest BCUT2D eigenvalue weighted by atomic mass is 16.3. The highest BCUT2D eigenvalue weighted by Gasteiger charge is 1.97. The van der Waals surface area contributed by atoms with Crippen LogP contribution in [0.2, 0.25) is 0 Å².